The highest BCUT2D eigenvalue weighted by molar-refractivity contribution is 6.30. The van der Waals surface area contributed by atoms with Gasteiger partial charge in [-0.05, 0) is 30.5 Å². The fourth-order valence-electron chi connectivity index (χ4n) is 1.92. The van der Waals surface area contributed by atoms with Crippen molar-refractivity contribution in [1.82, 2.24) is 10.6 Å². The summed E-state index contributed by atoms with van der Waals surface area (Å²) in [6, 6.07) is 6.64. The Morgan fingerprint density at radius 1 is 1.15 bits per heavy atom. The Bertz CT molecular complexity index is 489. The van der Waals surface area contributed by atoms with Gasteiger partial charge in [-0.2, -0.15) is 0 Å². The molecule has 0 aliphatic rings. The molecule has 0 spiro atoms. The third kappa shape index (κ3) is 4.85. The SMILES string of the molecule is CC(=O)N[C@@H](C(=O)N[C@@H](C)c1cccc(Cl)c1)C(C)C. The van der Waals surface area contributed by atoms with E-state index >= 15 is 0 Å². The summed E-state index contributed by atoms with van der Waals surface area (Å²) in [7, 11) is 0. The van der Waals surface area contributed by atoms with Crippen LogP contribution in [0.15, 0.2) is 24.3 Å². The molecule has 0 unspecified atom stereocenters. The lowest BCUT2D eigenvalue weighted by Gasteiger charge is -2.23. The quantitative estimate of drug-likeness (QED) is 0.877. The van der Waals surface area contributed by atoms with E-state index in [0.29, 0.717) is 5.02 Å². The zero-order valence-corrected chi connectivity index (χ0v) is 13.0. The average molecular weight is 297 g/mol. The normalized spacial score (nSPS) is 13.7. The number of benzene rings is 1. The van der Waals surface area contributed by atoms with Crippen LogP contribution in [0.2, 0.25) is 5.02 Å². The van der Waals surface area contributed by atoms with Gasteiger partial charge in [0.05, 0.1) is 6.04 Å². The number of hydrogen-bond donors (Lipinski definition) is 2. The predicted molar refractivity (Wildman–Crippen MR) is 80.5 cm³/mol. The zero-order valence-electron chi connectivity index (χ0n) is 12.2. The van der Waals surface area contributed by atoms with Crippen LogP contribution in [0, 0.1) is 5.92 Å². The summed E-state index contributed by atoms with van der Waals surface area (Å²) in [6.45, 7) is 7.08. The number of carbonyl (C=O) groups excluding carboxylic acids is 2. The smallest absolute Gasteiger partial charge is 0.243 e. The molecule has 20 heavy (non-hydrogen) atoms. The van der Waals surface area contributed by atoms with E-state index in [-0.39, 0.29) is 23.8 Å². The fraction of sp³-hybridized carbons (Fsp3) is 0.467. The van der Waals surface area contributed by atoms with Gasteiger partial charge in [-0.1, -0.05) is 37.6 Å². The molecule has 0 heterocycles. The lowest BCUT2D eigenvalue weighted by Crippen LogP contribution is -2.49. The Labute approximate surface area is 124 Å². The summed E-state index contributed by atoms with van der Waals surface area (Å²) in [5.41, 5.74) is 0.927. The van der Waals surface area contributed by atoms with Crippen LogP contribution in [0.25, 0.3) is 0 Å². The van der Waals surface area contributed by atoms with E-state index in [2.05, 4.69) is 10.6 Å². The molecule has 2 amide bonds. The van der Waals surface area contributed by atoms with Gasteiger partial charge in [0, 0.05) is 11.9 Å². The highest BCUT2D eigenvalue weighted by Gasteiger charge is 2.24. The molecular weight excluding hydrogens is 276 g/mol. The van der Waals surface area contributed by atoms with Crippen molar-refractivity contribution in [3.63, 3.8) is 0 Å². The summed E-state index contributed by atoms with van der Waals surface area (Å²) in [4.78, 5) is 23.4. The predicted octanol–water partition coefficient (Wildman–Crippen LogP) is 2.68. The lowest BCUT2D eigenvalue weighted by molar-refractivity contribution is -0.129. The van der Waals surface area contributed by atoms with Crippen molar-refractivity contribution >= 4 is 23.4 Å². The monoisotopic (exact) mass is 296 g/mol. The molecule has 1 rings (SSSR count). The van der Waals surface area contributed by atoms with E-state index in [4.69, 9.17) is 11.6 Å². The Hall–Kier alpha value is -1.55. The molecule has 0 aromatic heterocycles. The van der Waals surface area contributed by atoms with Gasteiger partial charge in [0.2, 0.25) is 11.8 Å². The van der Waals surface area contributed by atoms with E-state index in [1.165, 1.54) is 6.92 Å². The Morgan fingerprint density at radius 3 is 2.30 bits per heavy atom. The van der Waals surface area contributed by atoms with E-state index in [1.807, 2.05) is 39.0 Å². The van der Waals surface area contributed by atoms with Gasteiger partial charge in [0.15, 0.2) is 0 Å². The number of rotatable bonds is 5. The van der Waals surface area contributed by atoms with Gasteiger partial charge >= 0.3 is 0 Å². The molecule has 1 aromatic carbocycles. The minimum Gasteiger partial charge on any atom is -0.348 e. The van der Waals surface area contributed by atoms with Crippen molar-refractivity contribution in [3.05, 3.63) is 34.9 Å². The van der Waals surface area contributed by atoms with Crippen LogP contribution in [0.4, 0.5) is 0 Å². The molecule has 0 radical (unpaired) electrons. The number of amides is 2. The van der Waals surface area contributed by atoms with Gasteiger partial charge in [-0.3, -0.25) is 9.59 Å². The number of halogens is 1. The van der Waals surface area contributed by atoms with Crippen LogP contribution in [0.1, 0.15) is 39.3 Å². The van der Waals surface area contributed by atoms with Gasteiger partial charge in [0.25, 0.3) is 0 Å². The number of carbonyl (C=O) groups is 2. The standard InChI is InChI=1S/C15H21ClN2O2/c1-9(2)14(18-11(4)19)15(20)17-10(3)12-6-5-7-13(16)8-12/h5-10,14H,1-4H3,(H,17,20)(H,18,19)/t10-,14+/m0/s1. The molecule has 110 valence electrons. The maximum Gasteiger partial charge on any atom is 0.243 e. The fourth-order valence-corrected chi connectivity index (χ4v) is 2.12. The van der Waals surface area contributed by atoms with Crippen molar-refractivity contribution < 1.29 is 9.59 Å². The molecule has 0 aliphatic heterocycles. The molecule has 5 heteroatoms. The highest BCUT2D eigenvalue weighted by atomic mass is 35.5. The maximum absolute atomic E-state index is 12.2. The zero-order chi connectivity index (χ0) is 15.3. The molecule has 0 fully saturated rings. The van der Waals surface area contributed by atoms with E-state index in [9.17, 15) is 9.59 Å². The molecule has 2 atom stereocenters. The second-order valence-corrected chi connectivity index (χ2v) is 5.64. The molecule has 0 saturated carbocycles. The van der Waals surface area contributed by atoms with Crippen molar-refractivity contribution in [3.8, 4) is 0 Å². The van der Waals surface area contributed by atoms with Gasteiger partial charge in [0.1, 0.15) is 6.04 Å². The number of hydrogen-bond acceptors (Lipinski definition) is 2. The molecule has 0 saturated heterocycles. The summed E-state index contributed by atoms with van der Waals surface area (Å²) < 4.78 is 0. The number of nitrogens with one attached hydrogen (secondary N) is 2. The molecule has 0 aliphatic carbocycles. The summed E-state index contributed by atoms with van der Waals surface area (Å²) in [6.07, 6.45) is 0. The first-order chi connectivity index (χ1) is 9.31. The molecule has 2 N–H and O–H groups in total. The third-order valence-electron chi connectivity index (χ3n) is 3.02. The minimum atomic E-state index is -0.533. The minimum absolute atomic E-state index is 0.0189. The van der Waals surface area contributed by atoms with Crippen LogP contribution < -0.4 is 10.6 Å². The van der Waals surface area contributed by atoms with Crippen molar-refractivity contribution in [2.45, 2.75) is 39.8 Å². The Morgan fingerprint density at radius 2 is 1.80 bits per heavy atom. The maximum atomic E-state index is 12.2. The van der Waals surface area contributed by atoms with Crippen LogP contribution in [-0.2, 0) is 9.59 Å². The van der Waals surface area contributed by atoms with Crippen LogP contribution in [0.5, 0.6) is 0 Å². The van der Waals surface area contributed by atoms with E-state index in [0.717, 1.165) is 5.56 Å². The van der Waals surface area contributed by atoms with Gasteiger partial charge < -0.3 is 10.6 Å². The van der Waals surface area contributed by atoms with Crippen LogP contribution >= 0.6 is 11.6 Å². The van der Waals surface area contributed by atoms with Gasteiger partial charge in [-0.15, -0.1) is 0 Å². The largest absolute Gasteiger partial charge is 0.348 e. The first kappa shape index (κ1) is 16.5. The molecule has 0 bridgehead atoms. The van der Waals surface area contributed by atoms with Crippen LogP contribution in [0.3, 0.4) is 0 Å². The lowest BCUT2D eigenvalue weighted by atomic mass is 10.0. The summed E-state index contributed by atoms with van der Waals surface area (Å²) in [5.74, 6) is -0.387. The average Bonchev–Trinajstić information content (AvgIpc) is 2.35. The topological polar surface area (TPSA) is 58.2 Å². The summed E-state index contributed by atoms with van der Waals surface area (Å²) >= 11 is 5.94. The highest BCUT2D eigenvalue weighted by Crippen LogP contribution is 2.17. The molecule has 4 nitrogen and oxygen atoms in total. The van der Waals surface area contributed by atoms with E-state index in [1.54, 1.807) is 6.07 Å². The first-order valence-electron chi connectivity index (χ1n) is 6.64. The Balaban J connectivity index is 2.75. The van der Waals surface area contributed by atoms with Gasteiger partial charge in [-0.25, -0.2) is 0 Å². The van der Waals surface area contributed by atoms with Crippen molar-refractivity contribution in [1.29, 1.82) is 0 Å². The van der Waals surface area contributed by atoms with Crippen molar-refractivity contribution in [2.75, 3.05) is 0 Å². The van der Waals surface area contributed by atoms with Crippen molar-refractivity contribution in [2.24, 2.45) is 5.92 Å². The Kier molecular flexibility index (Phi) is 6.02. The third-order valence-corrected chi connectivity index (χ3v) is 3.25. The molecule has 1 aromatic rings. The van der Waals surface area contributed by atoms with E-state index < -0.39 is 6.04 Å². The second kappa shape index (κ2) is 7.29. The molecular formula is C15H21ClN2O2. The second-order valence-electron chi connectivity index (χ2n) is 5.21. The first-order valence-corrected chi connectivity index (χ1v) is 7.02. The van der Waals surface area contributed by atoms with Crippen LogP contribution in [-0.4, -0.2) is 17.9 Å². The summed E-state index contributed by atoms with van der Waals surface area (Å²) in [5, 5.41) is 6.20.